The van der Waals surface area contributed by atoms with Crippen LogP contribution < -0.4 is 5.32 Å². The smallest absolute Gasteiger partial charge is 0.306 e. The van der Waals surface area contributed by atoms with Crippen LogP contribution in [0.15, 0.2) is 96.1 Å². The first-order valence-corrected chi connectivity index (χ1v) is 9.01. The van der Waals surface area contributed by atoms with Gasteiger partial charge in [0.1, 0.15) is 0 Å². The SMILES string of the molecule is CC1(c2ccccc2)CC(c2ccccc2)=NN1C(=O)Nc1ccccc1. The van der Waals surface area contributed by atoms with Crippen molar-refractivity contribution in [3.63, 3.8) is 0 Å². The zero-order valence-electron chi connectivity index (χ0n) is 15.2. The molecule has 1 heterocycles. The van der Waals surface area contributed by atoms with Crippen molar-refractivity contribution in [1.29, 1.82) is 0 Å². The molecule has 134 valence electrons. The van der Waals surface area contributed by atoms with E-state index < -0.39 is 5.54 Å². The molecule has 0 radical (unpaired) electrons. The average Bonchev–Trinajstić information content (AvgIpc) is 3.09. The van der Waals surface area contributed by atoms with Gasteiger partial charge in [-0.3, -0.25) is 0 Å². The summed E-state index contributed by atoms with van der Waals surface area (Å²) in [5, 5.41) is 9.26. The van der Waals surface area contributed by atoms with Gasteiger partial charge in [-0.1, -0.05) is 78.9 Å². The van der Waals surface area contributed by atoms with Gasteiger partial charge in [0.25, 0.3) is 0 Å². The molecular formula is C23H21N3O. The van der Waals surface area contributed by atoms with Crippen LogP contribution in [0.1, 0.15) is 24.5 Å². The Hall–Kier alpha value is -3.40. The van der Waals surface area contributed by atoms with Crippen molar-refractivity contribution < 1.29 is 4.79 Å². The molecule has 4 nitrogen and oxygen atoms in total. The molecule has 1 atom stereocenters. The molecule has 3 aromatic rings. The number of carbonyl (C=O) groups excluding carboxylic acids is 1. The number of nitrogens with one attached hydrogen (secondary N) is 1. The van der Waals surface area contributed by atoms with Crippen molar-refractivity contribution in [2.24, 2.45) is 5.10 Å². The second kappa shape index (κ2) is 7.08. The van der Waals surface area contributed by atoms with Gasteiger partial charge in [-0.05, 0) is 30.2 Å². The van der Waals surface area contributed by atoms with E-state index in [-0.39, 0.29) is 6.03 Å². The third-order valence-electron chi connectivity index (χ3n) is 4.92. The van der Waals surface area contributed by atoms with E-state index in [9.17, 15) is 4.79 Å². The predicted molar refractivity (Wildman–Crippen MR) is 109 cm³/mol. The van der Waals surface area contributed by atoms with Crippen molar-refractivity contribution in [2.75, 3.05) is 5.32 Å². The van der Waals surface area contributed by atoms with Crippen molar-refractivity contribution in [2.45, 2.75) is 18.9 Å². The first-order chi connectivity index (χ1) is 13.2. The number of para-hydroxylation sites is 1. The molecule has 0 saturated heterocycles. The number of nitrogens with zero attached hydrogens (tertiary/aromatic N) is 2. The number of hydrazone groups is 1. The van der Waals surface area contributed by atoms with E-state index in [0.717, 1.165) is 22.5 Å². The second-order valence-corrected chi connectivity index (χ2v) is 6.84. The van der Waals surface area contributed by atoms with E-state index in [4.69, 9.17) is 5.10 Å². The Morgan fingerprint density at radius 3 is 2.07 bits per heavy atom. The molecule has 4 heteroatoms. The highest BCUT2D eigenvalue weighted by Crippen LogP contribution is 2.39. The molecule has 2 amide bonds. The van der Waals surface area contributed by atoms with Gasteiger partial charge in [-0.15, -0.1) is 0 Å². The number of carbonyl (C=O) groups is 1. The van der Waals surface area contributed by atoms with Gasteiger partial charge < -0.3 is 5.32 Å². The van der Waals surface area contributed by atoms with Gasteiger partial charge in [0, 0.05) is 12.1 Å². The molecule has 0 aliphatic carbocycles. The minimum absolute atomic E-state index is 0.238. The van der Waals surface area contributed by atoms with Crippen molar-refractivity contribution in [3.8, 4) is 0 Å². The van der Waals surface area contributed by atoms with Crippen molar-refractivity contribution in [1.82, 2.24) is 5.01 Å². The normalized spacial score (nSPS) is 18.9. The fourth-order valence-electron chi connectivity index (χ4n) is 3.45. The van der Waals surface area contributed by atoms with Gasteiger partial charge in [0.05, 0.1) is 11.3 Å². The maximum atomic E-state index is 13.1. The van der Waals surface area contributed by atoms with Crippen molar-refractivity contribution >= 4 is 17.4 Å². The fraction of sp³-hybridized carbons (Fsp3) is 0.130. The number of amides is 2. The van der Waals surface area contributed by atoms with E-state index in [0.29, 0.717) is 6.42 Å². The van der Waals surface area contributed by atoms with Crippen LogP contribution in [0.3, 0.4) is 0 Å². The number of anilines is 1. The summed E-state index contributed by atoms with van der Waals surface area (Å²) in [4.78, 5) is 13.1. The molecule has 1 aliphatic rings. The zero-order valence-corrected chi connectivity index (χ0v) is 15.2. The summed E-state index contributed by atoms with van der Waals surface area (Å²) in [6, 6.07) is 29.3. The molecular weight excluding hydrogens is 334 g/mol. The molecule has 1 aliphatic heterocycles. The Morgan fingerprint density at radius 2 is 1.44 bits per heavy atom. The number of hydrogen-bond acceptors (Lipinski definition) is 2. The van der Waals surface area contributed by atoms with Crippen LogP contribution in [-0.2, 0) is 5.54 Å². The minimum atomic E-state index is -0.550. The first kappa shape index (κ1) is 17.0. The van der Waals surface area contributed by atoms with E-state index >= 15 is 0 Å². The largest absolute Gasteiger partial charge is 0.343 e. The summed E-state index contributed by atoms with van der Waals surface area (Å²) in [7, 11) is 0. The summed E-state index contributed by atoms with van der Waals surface area (Å²) in [6.45, 7) is 2.06. The Balaban J connectivity index is 1.71. The average molecular weight is 355 g/mol. The van der Waals surface area contributed by atoms with Gasteiger partial charge in [-0.25, -0.2) is 9.80 Å². The lowest BCUT2D eigenvalue weighted by molar-refractivity contribution is 0.155. The maximum absolute atomic E-state index is 13.1. The van der Waals surface area contributed by atoms with Crippen LogP contribution in [0, 0.1) is 0 Å². The molecule has 1 unspecified atom stereocenters. The Morgan fingerprint density at radius 1 is 0.889 bits per heavy atom. The van der Waals surface area contributed by atoms with Crippen LogP contribution in [0.4, 0.5) is 10.5 Å². The molecule has 0 aromatic heterocycles. The van der Waals surface area contributed by atoms with E-state index in [1.807, 2.05) is 91.0 Å². The van der Waals surface area contributed by atoms with E-state index in [2.05, 4.69) is 12.2 Å². The van der Waals surface area contributed by atoms with E-state index in [1.54, 1.807) is 5.01 Å². The molecule has 1 N–H and O–H groups in total. The van der Waals surface area contributed by atoms with Crippen LogP contribution >= 0.6 is 0 Å². The topological polar surface area (TPSA) is 44.7 Å². The lowest BCUT2D eigenvalue weighted by Crippen LogP contribution is -2.43. The Labute approximate surface area is 159 Å². The Kier molecular flexibility index (Phi) is 4.47. The van der Waals surface area contributed by atoms with E-state index in [1.165, 1.54) is 0 Å². The second-order valence-electron chi connectivity index (χ2n) is 6.84. The third-order valence-corrected chi connectivity index (χ3v) is 4.92. The molecule has 0 saturated carbocycles. The number of hydrogen-bond donors (Lipinski definition) is 1. The van der Waals surface area contributed by atoms with Crippen LogP contribution in [-0.4, -0.2) is 16.8 Å². The lowest BCUT2D eigenvalue weighted by atomic mass is 9.86. The standard InChI is InChI=1S/C23H21N3O/c1-23(19-13-7-3-8-14-19)17-21(18-11-5-2-6-12-18)25-26(23)22(27)24-20-15-9-4-10-16-20/h2-16H,17H2,1H3,(H,24,27). The maximum Gasteiger partial charge on any atom is 0.343 e. The highest BCUT2D eigenvalue weighted by atomic mass is 16.2. The highest BCUT2D eigenvalue weighted by Gasteiger charge is 2.43. The van der Waals surface area contributed by atoms with Gasteiger partial charge in [-0.2, -0.15) is 5.10 Å². The molecule has 0 fully saturated rings. The van der Waals surface area contributed by atoms with Crippen molar-refractivity contribution in [3.05, 3.63) is 102 Å². The number of urea groups is 1. The monoisotopic (exact) mass is 355 g/mol. The van der Waals surface area contributed by atoms with Gasteiger partial charge >= 0.3 is 6.03 Å². The zero-order chi connectivity index (χ0) is 18.7. The molecule has 0 bridgehead atoms. The Bertz CT molecular complexity index is 955. The van der Waals surface area contributed by atoms with Crippen LogP contribution in [0.5, 0.6) is 0 Å². The van der Waals surface area contributed by atoms with Crippen LogP contribution in [0.2, 0.25) is 0 Å². The molecule has 0 spiro atoms. The lowest BCUT2D eigenvalue weighted by Gasteiger charge is -2.33. The highest BCUT2D eigenvalue weighted by molar-refractivity contribution is 6.04. The molecule has 3 aromatic carbocycles. The van der Waals surface area contributed by atoms with Gasteiger partial charge in [0.2, 0.25) is 0 Å². The summed E-state index contributed by atoms with van der Waals surface area (Å²) in [6.07, 6.45) is 0.656. The molecule has 4 rings (SSSR count). The summed E-state index contributed by atoms with van der Waals surface area (Å²) >= 11 is 0. The molecule has 27 heavy (non-hydrogen) atoms. The number of rotatable bonds is 3. The predicted octanol–water partition coefficient (Wildman–Crippen LogP) is 5.24. The third kappa shape index (κ3) is 3.34. The summed E-state index contributed by atoms with van der Waals surface area (Å²) in [5.74, 6) is 0. The minimum Gasteiger partial charge on any atom is -0.306 e. The quantitative estimate of drug-likeness (QED) is 0.686. The first-order valence-electron chi connectivity index (χ1n) is 9.01. The van der Waals surface area contributed by atoms with Gasteiger partial charge in [0.15, 0.2) is 0 Å². The van der Waals surface area contributed by atoms with Crippen LogP contribution in [0.25, 0.3) is 0 Å². The summed E-state index contributed by atoms with van der Waals surface area (Å²) in [5.41, 5.74) is 3.20. The fourth-order valence-corrected chi connectivity index (χ4v) is 3.45. The summed E-state index contributed by atoms with van der Waals surface area (Å²) < 4.78 is 0. The number of benzene rings is 3.